The van der Waals surface area contributed by atoms with Crippen molar-refractivity contribution in [2.75, 3.05) is 13.2 Å². The number of fused-ring (bicyclic) bond motifs is 2. The monoisotopic (exact) mass is 404 g/mol. The first-order valence-corrected chi connectivity index (χ1v) is 9.34. The Balaban J connectivity index is 1.52. The molecule has 3 aromatic heterocycles. The maximum absolute atomic E-state index is 10.6. The highest BCUT2D eigenvalue weighted by Gasteiger charge is 2.10. The molecule has 3 N–H and O–H groups in total. The Morgan fingerprint density at radius 3 is 2.97 bits per heavy atom. The summed E-state index contributed by atoms with van der Waals surface area (Å²) in [6, 6.07) is 13.1. The van der Waals surface area contributed by atoms with Crippen LogP contribution in [0.4, 0.5) is 4.79 Å². The van der Waals surface area contributed by atoms with Crippen molar-refractivity contribution in [3.63, 3.8) is 0 Å². The van der Waals surface area contributed by atoms with Gasteiger partial charge in [-0.05, 0) is 42.8 Å². The maximum Gasteiger partial charge on any atom is 0.312 e. The van der Waals surface area contributed by atoms with E-state index in [-0.39, 0.29) is 13.2 Å². The zero-order chi connectivity index (χ0) is 20.9. The number of carbonyl (C=O) groups excluding carboxylic acids is 1. The van der Waals surface area contributed by atoms with Gasteiger partial charge in [-0.15, -0.1) is 5.10 Å². The predicted molar refractivity (Wildman–Crippen MR) is 112 cm³/mol. The van der Waals surface area contributed by atoms with E-state index in [4.69, 9.17) is 10.6 Å². The molecule has 10 heteroatoms. The number of carbonyl (C=O) groups is 1. The highest BCUT2D eigenvalue weighted by molar-refractivity contribution is 5.97. The Morgan fingerprint density at radius 1 is 1.23 bits per heavy atom. The van der Waals surface area contributed by atoms with Gasteiger partial charge in [-0.1, -0.05) is 22.5 Å². The highest BCUT2D eigenvalue weighted by Crippen LogP contribution is 2.16. The molecule has 2 amide bonds. The van der Waals surface area contributed by atoms with E-state index in [2.05, 4.69) is 36.8 Å². The standard InChI is InChI=1S/C20H20N8O2/c1-13(26-30-10-9-23-20(21)29)16-6-7-18-19(24-16)28(27-25-18)12-14-4-5-17-15(11-14)3-2-8-22-17/h2-8,11H,9-10,12H2,1H3,(H3,21,23,29). The largest absolute Gasteiger partial charge is 0.394 e. The van der Waals surface area contributed by atoms with E-state index in [1.54, 1.807) is 17.8 Å². The van der Waals surface area contributed by atoms with Crippen LogP contribution in [0.3, 0.4) is 0 Å². The minimum atomic E-state index is -0.602. The molecular formula is C20H20N8O2. The van der Waals surface area contributed by atoms with Gasteiger partial charge < -0.3 is 15.9 Å². The Hall–Kier alpha value is -4.08. The first-order chi connectivity index (χ1) is 14.6. The van der Waals surface area contributed by atoms with Crippen molar-refractivity contribution >= 4 is 33.8 Å². The van der Waals surface area contributed by atoms with Crippen LogP contribution in [0.2, 0.25) is 0 Å². The number of urea groups is 1. The fourth-order valence-corrected chi connectivity index (χ4v) is 2.97. The molecule has 4 aromatic rings. The second-order valence-corrected chi connectivity index (χ2v) is 6.62. The number of nitrogens with two attached hydrogens (primary N) is 1. The lowest BCUT2D eigenvalue weighted by atomic mass is 10.1. The van der Waals surface area contributed by atoms with Gasteiger partial charge >= 0.3 is 6.03 Å². The number of oxime groups is 1. The Bertz CT molecular complexity index is 1230. The lowest BCUT2D eigenvalue weighted by Gasteiger charge is -2.05. The molecule has 0 bridgehead atoms. The molecule has 0 fully saturated rings. The summed E-state index contributed by atoms with van der Waals surface area (Å²) in [4.78, 5) is 24.8. The molecule has 3 heterocycles. The van der Waals surface area contributed by atoms with Crippen LogP contribution in [-0.2, 0) is 11.4 Å². The molecule has 152 valence electrons. The molecular weight excluding hydrogens is 384 g/mol. The Kier molecular flexibility index (Phi) is 5.46. The summed E-state index contributed by atoms with van der Waals surface area (Å²) < 4.78 is 1.75. The van der Waals surface area contributed by atoms with Crippen molar-refractivity contribution in [3.8, 4) is 0 Å². The minimum Gasteiger partial charge on any atom is -0.394 e. The quantitative estimate of drug-likeness (QED) is 0.274. The number of pyridine rings is 2. The van der Waals surface area contributed by atoms with Crippen LogP contribution >= 0.6 is 0 Å². The van der Waals surface area contributed by atoms with Crippen molar-refractivity contribution in [1.82, 2.24) is 30.3 Å². The van der Waals surface area contributed by atoms with Crippen molar-refractivity contribution in [2.45, 2.75) is 13.5 Å². The number of nitrogens with zero attached hydrogens (tertiary/aromatic N) is 6. The molecule has 10 nitrogen and oxygen atoms in total. The van der Waals surface area contributed by atoms with Gasteiger partial charge in [0, 0.05) is 11.6 Å². The van der Waals surface area contributed by atoms with Crippen molar-refractivity contribution in [3.05, 3.63) is 59.9 Å². The smallest absolute Gasteiger partial charge is 0.312 e. The van der Waals surface area contributed by atoms with E-state index >= 15 is 0 Å². The third-order valence-corrected chi connectivity index (χ3v) is 4.42. The summed E-state index contributed by atoms with van der Waals surface area (Å²) in [5.41, 5.74) is 9.62. The summed E-state index contributed by atoms with van der Waals surface area (Å²) in [5, 5.41) is 16.0. The summed E-state index contributed by atoms with van der Waals surface area (Å²) in [6.45, 7) is 2.80. The predicted octanol–water partition coefficient (Wildman–Crippen LogP) is 1.83. The number of benzene rings is 1. The average molecular weight is 404 g/mol. The van der Waals surface area contributed by atoms with Gasteiger partial charge in [0.25, 0.3) is 0 Å². The van der Waals surface area contributed by atoms with E-state index in [0.717, 1.165) is 16.5 Å². The summed E-state index contributed by atoms with van der Waals surface area (Å²) in [5.74, 6) is 0. The third-order valence-electron chi connectivity index (χ3n) is 4.42. The SMILES string of the molecule is CC(=NOCCNC(N)=O)c1ccc2nnn(Cc3ccc4ncccc4c3)c2n1. The van der Waals surface area contributed by atoms with Crippen molar-refractivity contribution in [2.24, 2.45) is 10.9 Å². The van der Waals surface area contributed by atoms with Crippen LogP contribution in [0.25, 0.3) is 22.1 Å². The summed E-state index contributed by atoms with van der Waals surface area (Å²) in [7, 11) is 0. The molecule has 0 aliphatic heterocycles. The van der Waals surface area contributed by atoms with E-state index in [1.165, 1.54) is 0 Å². The molecule has 4 rings (SSSR count). The van der Waals surface area contributed by atoms with Gasteiger partial charge in [0.05, 0.1) is 24.3 Å². The summed E-state index contributed by atoms with van der Waals surface area (Å²) in [6.07, 6.45) is 1.78. The van der Waals surface area contributed by atoms with Crippen LogP contribution < -0.4 is 11.1 Å². The molecule has 0 aliphatic rings. The van der Waals surface area contributed by atoms with Crippen LogP contribution in [0, 0.1) is 0 Å². The fraction of sp³-hybridized carbons (Fsp3) is 0.200. The number of hydrogen-bond acceptors (Lipinski definition) is 7. The van der Waals surface area contributed by atoms with E-state index in [1.807, 2.05) is 36.4 Å². The maximum atomic E-state index is 10.6. The number of primary amides is 1. The molecule has 0 aliphatic carbocycles. The van der Waals surface area contributed by atoms with E-state index in [9.17, 15) is 4.79 Å². The van der Waals surface area contributed by atoms with Gasteiger partial charge in [0.1, 0.15) is 17.8 Å². The second kappa shape index (κ2) is 8.52. The molecule has 30 heavy (non-hydrogen) atoms. The zero-order valence-corrected chi connectivity index (χ0v) is 16.3. The fourth-order valence-electron chi connectivity index (χ4n) is 2.97. The molecule has 0 unspecified atom stereocenters. The molecule has 0 radical (unpaired) electrons. The van der Waals surface area contributed by atoms with Crippen LogP contribution in [0.15, 0.2) is 53.8 Å². The molecule has 0 spiro atoms. The molecule has 0 saturated carbocycles. The van der Waals surface area contributed by atoms with Crippen molar-refractivity contribution < 1.29 is 9.63 Å². The number of nitrogens with one attached hydrogen (secondary N) is 1. The minimum absolute atomic E-state index is 0.207. The van der Waals surface area contributed by atoms with Gasteiger partial charge in [0.15, 0.2) is 5.65 Å². The van der Waals surface area contributed by atoms with Crippen LogP contribution in [0.1, 0.15) is 18.2 Å². The first kappa shape index (κ1) is 19.2. The lowest BCUT2D eigenvalue weighted by Crippen LogP contribution is -2.31. The Morgan fingerprint density at radius 2 is 2.10 bits per heavy atom. The molecule has 1 aromatic carbocycles. The van der Waals surface area contributed by atoms with Crippen molar-refractivity contribution in [1.29, 1.82) is 0 Å². The number of rotatable bonds is 7. The average Bonchev–Trinajstić information content (AvgIpc) is 3.15. The third kappa shape index (κ3) is 4.32. The first-order valence-electron chi connectivity index (χ1n) is 9.34. The van der Waals surface area contributed by atoms with Gasteiger partial charge in [-0.2, -0.15) is 0 Å². The van der Waals surface area contributed by atoms with Gasteiger partial charge in [-0.25, -0.2) is 14.5 Å². The van der Waals surface area contributed by atoms with E-state index < -0.39 is 6.03 Å². The number of aromatic nitrogens is 5. The second-order valence-electron chi connectivity index (χ2n) is 6.62. The number of hydrogen-bond donors (Lipinski definition) is 2. The van der Waals surface area contributed by atoms with Crippen LogP contribution in [-0.4, -0.2) is 49.9 Å². The molecule has 0 saturated heterocycles. The lowest BCUT2D eigenvalue weighted by molar-refractivity contribution is 0.147. The number of amides is 2. The molecule has 0 atom stereocenters. The van der Waals surface area contributed by atoms with Crippen LogP contribution in [0.5, 0.6) is 0 Å². The topological polar surface area (TPSA) is 133 Å². The normalized spacial score (nSPS) is 11.7. The van der Waals surface area contributed by atoms with Gasteiger partial charge in [-0.3, -0.25) is 4.98 Å². The zero-order valence-electron chi connectivity index (χ0n) is 16.3. The van der Waals surface area contributed by atoms with Gasteiger partial charge in [0.2, 0.25) is 0 Å². The van der Waals surface area contributed by atoms with E-state index in [0.29, 0.717) is 29.1 Å². The highest BCUT2D eigenvalue weighted by atomic mass is 16.6. The summed E-state index contributed by atoms with van der Waals surface area (Å²) >= 11 is 0. The Labute approximate surface area is 171 Å².